The van der Waals surface area contributed by atoms with Gasteiger partial charge < -0.3 is 5.73 Å². The Labute approximate surface area is 117 Å². The number of pyridine rings is 1. The highest BCUT2D eigenvalue weighted by atomic mass is 32.2. The van der Waals surface area contributed by atoms with E-state index in [-0.39, 0.29) is 5.56 Å². The van der Waals surface area contributed by atoms with Gasteiger partial charge in [0.2, 0.25) is 0 Å². The third-order valence-electron chi connectivity index (χ3n) is 3.28. The van der Waals surface area contributed by atoms with Crippen LogP contribution in [0, 0.1) is 0 Å². The van der Waals surface area contributed by atoms with E-state index in [1.807, 2.05) is 42.1 Å². The molecule has 3 nitrogen and oxygen atoms in total. The molecule has 1 heterocycles. The SMILES string of the molecule is CSCCCCCn1c(N)cc2ccccc2c1=O. The van der Waals surface area contributed by atoms with Gasteiger partial charge in [0.25, 0.3) is 5.56 Å². The number of nitrogens with zero attached hydrogens (tertiary/aromatic N) is 1. The summed E-state index contributed by atoms with van der Waals surface area (Å²) >= 11 is 1.86. The van der Waals surface area contributed by atoms with Crippen molar-refractivity contribution >= 4 is 28.4 Å². The third kappa shape index (κ3) is 3.32. The van der Waals surface area contributed by atoms with E-state index in [9.17, 15) is 4.79 Å². The molecule has 19 heavy (non-hydrogen) atoms. The van der Waals surface area contributed by atoms with Crippen LogP contribution in [0.5, 0.6) is 0 Å². The molecule has 0 radical (unpaired) electrons. The molecule has 0 aliphatic carbocycles. The molecule has 2 aromatic rings. The number of nitrogens with two attached hydrogens (primary N) is 1. The van der Waals surface area contributed by atoms with Crippen LogP contribution in [-0.4, -0.2) is 16.6 Å². The quantitative estimate of drug-likeness (QED) is 0.825. The summed E-state index contributed by atoms with van der Waals surface area (Å²) < 4.78 is 1.70. The Balaban J connectivity index is 2.16. The molecule has 0 unspecified atom stereocenters. The lowest BCUT2D eigenvalue weighted by Gasteiger charge is -2.11. The molecule has 0 aliphatic rings. The molecule has 0 amide bonds. The first-order chi connectivity index (χ1) is 9.24. The summed E-state index contributed by atoms with van der Waals surface area (Å²) in [6.45, 7) is 0.712. The van der Waals surface area contributed by atoms with Crippen LogP contribution in [0.25, 0.3) is 10.8 Å². The van der Waals surface area contributed by atoms with Crippen molar-refractivity contribution in [2.75, 3.05) is 17.7 Å². The Kier molecular flexibility index (Phi) is 4.91. The van der Waals surface area contributed by atoms with Gasteiger partial charge in [-0.05, 0) is 42.4 Å². The fourth-order valence-corrected chi connectivity index (χ4v) is 2.73. The zero-order chi connectivity index (χ0) is 13.7. The number of nitrogen functional groups attached to an aromatic ring is 1. The summed E-state index contributed by atoms with van der Waals surface area (Å²) in [5.41, 5.74) is 6.02. The van der Waals surface area contributed by atoms with Crippen LogP contribution < -0.4 is 11.3 Å². The maximum absolute atomic E-state index is 12.3. The van der Waals surface area contributed by atoms with E-state index in [1.54, 1.807) is 4.57 Å². The molecule has 0 atom stereocenters. The van der Waals surface area contributed by atoms with Gasteiger partial charge in [-0.25, -0.2) is 0 Å². The molecule has 0 fully saturated rings. The van der Waals surface area contributed by atoms with Gasteiger partial charge >= 0.3 is 0 Å². The second kappa shape index (κ2) is 6.66. The Morgan fingerprint density at radius 2 is 2.00 bits per heavy atom. The van der Waals surface area contributed by atoms with Crippen LogP contribution in [0.3, 0.4) is 0 Å². The minimum Gasteiger partial charge on any atom is -0.385 e. The molecule has 1 aromatic carbocycles. The Hall–Kier alpha value is -1.42. The van der Waals surface area contributed by atoms with Gasteiger partial charge in [0.05, 0.1) is 0 Å². The van der Waals surface area contributed by atoms with Crippen molar-refractivity contribution in [1.82, 2.24) is 4.57 Å². The lowest BCUT2D eigenvalue weighted by atomic mass is 10.1. The molecule has 102 valence electrons. The predicted molar refractivity (Wildman–Crippen MR) is 84.9 cm³/mol. The van der Waals surface area contributed by atoms with Crippen LogP contribution in [0.1, 0.15) is 19.3 Å². The van der Waals surface area contributed by atoms with Gasteiger partial charge in [-0.3, -0.25) is 9.36 Å². The Morgan fingerprint density at radius 3 is 2.79 bits per heavy atom. The molecule has 0 spiro atoms. The smallest absolute Gasteiger partial charge is 0.259 e. The van der Waals surface area contributed by atoms with Crippen LogP contribution >= 0.6 is 11.8 Å². The van der Waals surface area contributed by atoms with Gasteiger partial charge in [-0.15, -0.1) is 0 Å². The number of fused-ring (bicyclic) bond motifs is 1. The van der Waals surface area contributed by atoms with Crippen LogP contribution in [-0.2, 0) is 6.54 Å². The monoisotopic (exact) mass is 276 g/mol. The number of aromatic nitrogens is 1. The highest BCUT2D eigenvalue weighted by Crippen LogP contribution is 2.14. The van der Waals surface area contributed by atoms with E-state index in [0.717, 1.165) is 23.6 Å². The van der Waals surface area contributed by atoms with Crippen molar-refractivity contribution in [1.29, 1.82) is 0 Å². The molecule has 4 heteroatoms. The van der Waals surface area contributed by atoms with Crippen LogP contribution in [0.15, 0.2) is 35.1 Å². The van der Waals surface area contributed by atoms with E-state index in [1.165, 1.54) is 12.2 Å². The van der Waals surface area contributed by atoms with Crippen molar-refractivity contribution in [2.45, 2.75) is 25.8 Å². The first-order valence-electron chi connectivity index (χ1n) is 6.61. The third-order valence-corrected chi connectivity index (χ3v) is 3.98. The van der Waals surface area contributed by atoms with Crippen LogP contribution in [0.4, 0.5) is 5.82 Å². The van der Waals surface area contributed by atoms with Crippen molar-refractivity contribution in [3.05, 3.63) is 40.7 Å². The Morgan fingerprint density at radius 1 is 1.21 bits per heavy atom. The molecule has 2 rings (SSSR count). The maximum Gasteiger partial charge on any atom is 0.259 e. The zero-order valence-electron chi connectivity index (χ0n) is 11.3. The minimum atomic E-state index is 0.0282. The van der Waals surface area contributed by atoms with Crippen molar-refractivity contribution in [2.24, 2.45) is 0 Å². The summed E-state index contributed by atoms with van der Waals surface area (Å²) in [5, 5.41) is 1.67. The summed E-state index contributed by atoms with van der Waals surface area (Å²) in [7, 11) is 0. The number of hydrogen-bond donors (Lipinski definition) is 1. The number of hydrogen-bond acceptors (Lipinski definition) is 3. The van der Waals surface area contributed by atoms with Gasteiger partial charge in [-0.2, -0.15) is 11.8 Å². The van der Waals surface area contributed by atoms with Gasteiger partial charge in [-0.1, -0.05) is 24.6 Å². The second-order valence-corrected chi connectivity index (χ2v) is 5.65. The Bertz CT molecular complexity index is 607. The maximum atomic E-state index is 12.3. The molecule has 0 aliphatic heterocycles. The van der Waals surface area contributed by atoms with Gasteiger partial charge in [0.15, 0.2) is 0 Å². The first kappa shape index (κ1) is 14.0. The number of unbranched alkanes of at least 4 members (excludes halogenated alkanes) is 2. The average molecular weight is 276 g/mol. The minimum absolute atomic E-state index is 0.0282. The lowest BCUT2D eigenvalue weighted by molar-refractivity contribution is 0.598. The average Bonchev–Trinajstić information content (AvgIpc) is 2.42. The molecular weight excluding hydrogens is 256 g/mol. The summed E-state index contributed by atoms with van der Waals surface area (Å²) in [5.74, 6) is 1.75. The fraction of sp³-hybridized carbons (Fsp3) is 0.400. The van der Waals surface area contributed by atoms with Gasteiger partial charge in [0.1, 0.15) is 5.82 Å². The molecule has 2 N–H and O–H groups in total. The van der Waals surface area contributed by atoms with E-state index >= 15 is 0 Å². The van der Waals surface area contributed by atoms with Crippen molar-refractivity contribution in [3.8, 4) is 0 Å². The van der Waals surface area contributed by atoms with E-state index in [2.05, 4.69) is 6.26 Å². The van der Waals surface area contributed by atoms with Gasteiger partial charge in [0, 0.05) is 11.9 Å². The van der Waals surface area contributed by atoms with Crippen LogP contribution in [0.2, 0.25) is 0 Å². The highest BCUT2D eigenvalue weighted by molar-refractivity contribution is 7.98. The standard InChI is InChI=1S/C15H20N2OS/c1-19-10-6-2-5-9-17-14(16)11-12-7-3-4-8-13(12)15(17)18/h3-4,7-8,11H,2,5-6,9-10,16H2,1H3. The number of benzene rings is 1. The second-order valence-electron chi connectivity index (χ2n) is 4.67. The lowest BCUT2D eigenvalue weighted by Crippen LogP contribution is -2.23. The van der Waals surface area contributed by atoms with E-state index < -0.39 is 0 Å². The molecule has 0 saturated heterocycles. The highest BCUT2D eigenvalue weighted by Gasteiger charge is 2.06. The molecule has 0 bridgehead atoms. The summed E-state index contributed by atoms with van der Waals surface area (Å²) in [6.07, 6.45) is 5.46. The zero-order valence-corrected chi connectivity index (χ0v) is 12.1. The predicted octanol–water partition coefficient (Wildman–Crippen LogP) is 3.12. The summed E-state index contributed by atoms with van der Waals surface area (Å²) in [4.78, 5) is 12.3. The molecule has 1 aromatic heterocycles. The largest absolute Gasteiger partial charge is 0.385 e. The molecule has 0 saturated carbocycles. The van der Waals surface area contributed by atoms with Crippen molar-refractivity contribution < 1.29 is 0 Å². The topological polar surface area (TPSA) is 48.0 Å². The van der Waals surface area contributed by atoms with Crippen molar-refractivity contribution in [3.63, 3.8) is 0 Å². The first-order valence-corrected chi connectivity index (χ1v) is 8.00. The number of anilines is 1. The normalized spacial score (nSPS) is 11.0. The number of rotatable bonds is 6. The van der Waals surface area contributed by atoms with E-state index in [4.69, 9.17) is 5.73 Å². The summed E-state index contributed by atoms with van der Waals surface area (Å²) in [6, 6.07) is 9.49. The number of thioether (sulfide) groups is 1. The fourth-order valence-electron chi connectivity index (χ4n) is 2.24. The molecular formula is C15H20N2OS. The van der Waals surface area contributed by atoms with E-state index in [0.29, 0.717) is 12.4 Å².